The number of unbranched alkanes of at least 4 members (excludes halogenated alkanes) is 12. The first-order valence-corrected chi connectivity index (χ1v) is 12.1. The molecular weight excluding hydrogens is 382 g/mol. The second-order valence-electron chi connectivity index (χ2n) is 8.39. The van der Waals surface area contributed by atoms with Gasteiger partial charge in [0.05, 0.1) is 6.42 Å². The summed E-state index contributed by atoms with van der Waals surface area (Å²) in [5.74, 6) is -2.70. The molecule has 0 aliphatic carbocycles. The Kier molecular flexibility index (Phi) is 16.2. The topological polar surface area (TPSA) is 94.9 Å². The Bertz CT molecular complexity index is 494. The molecule has 0 saturated heterocycles. The largest absolute Gasteiger partial charge is 0.481 e. The molecule has 0 aliphatic heterocycles. The highest BCUT2D eigenvalue weighted by Crippen LogP contribution is 2.26. The van der Waals surface area contributed by atoms with Crippen LogP contribution in [0.5, 0.6) is 0 Å². The first kappa shape index (κ1) is 28.4. The maximum atomic E-state index is 12.6. The summed E-state index contributed by atoms with van der Waals surface area (Å²) in [4.78, 5) is 36.9. The van der Waals surface area contributed by atoms with Crippen LogP contribution in [0.3, 0.4) is 0 Å². The minimum atomic E-state index is -1.66. The van der Waals surface area contributed by atoms with Crippen LogP contribution in [0.15, 0.2) is 0 Å². The molecule has 6 nitrogen and oxygen atoms in total. The third kappa shape index (κ3) is 11.0. The lowest BCUT2D eigenvalue weighted by Gasteiger charge is -2.38. The molecule has 30 heavy (non-hydrogen) atoms. The second kappa shape index (κ2) is 17.1. The highest BCUT2D eigenvalue weighted by atomic mass is 16.4. The van der Waals surface area contributed by atoms with Crippen molar-refractivity contribution in [3.05, 3.63) is 0 Å². The molecule has 0 aromatic rings. The summed E-state index contributed by atoms with van der Waals surface area (Å²) in [6.45, 7) is 5.77. The smallest absolute Gasteiger partial charge is 0.330 e. The number of carbonyl (C=O) groups is 3. The van der Waals surface area contributed by atoms with Gasteiger partial charge in [0.2, 0.25) is 5.91 Å². The first-order valence-electron chi connectivity index (χ1n) is 12.1. The van der Waals surface area contributed by atoms with Crippen molar-refractivity contribution < 1.29 is 24.6 Å². The number of nitrogens with zero attached hydrogens (tertiary/aromatic N) is 1. The molecule has 6 heteroatoms. The molecule has 0 spiro atoms. The average molecular weight is 428 g/mol. The number of hydrogen-bond acceptors (Lipinski definition) is 3. The van der Waals surface area contributed by atoms with Crippen LogP contribution in [-0.2, 0) is 14.4 Å². The molecule has 0 unspecified atom stereocenters. The van der Waals surface area contributed by atoms with Gasteiger partial charge in [0, 0.05) is 13.0 Å². The lowest BCUT2D eigenvalue weighted by Crippen LogP contribution is -2.57. The molecule has 0 radical (unpaired) electrons. The third-order valence-corrected chi connectivity index (χ3v) is 6.05. The Morgan fingerprint density at radius 1 is 0.700 bits per heavy atom. The molecule has 2 N–H and O–H groups in total. The van der Waals surface area contributed by atoms with Crippen molar-refractivity contribution in [1.82, 2.24) is 4.90 Å². The number of amides is 1. The Labute approximate surface area is 183 Å². The first-order chi connectivity index (χ1) is 14.4. The van der Waals surface area contributed by atoms with Gasteiger partial charge in [0.1, 0.15) is 0 Å². The Balaban J connectivity index is 4.10. The summed E-state index contributed by atoms with van der Waals surface area (Å²) in [6, 6.07) is 0. The predicted molar refractivity (Wildman–Crippen MR) is 121 cm³/mol. The van der Waals surface area contributed by atoms with Crippen molar-refractivity contribution in [2.24, 2.45) is 0 Å². The highest BCUT2D eigenvalue weighted by Gasteiger charge is 2.46. The van der Waals surface area contributed by atoms with Crippen LogP contribution in [0.4, 0.5) is 0 Å². The lowest BCUT2D eigenvalue weighted by molar-refractivity contribution is -0.164. The Morgan fingerprint density at radius 2 is 1.13 bits per heavy atom. The van der Waals surface area contributed by atoms with Gasteiger partial charge in [-0.25, -0.2) is 4.79 Å². The zero-order chi connectivity index (χ0) is 22.8. The van der Waals surface area contributed by atoms with Gasteiger partial charge in [-0.15, -0.1) is 0 Å². The third-order valence-electron chi connectivity index (χ3n) is 6.05. The summed E-state index contributed by atoms with van der Waals surface area (Å²) in [6.07, 6.45) is 15.6. The summed E-state index contributed by atoms with van der Waals surface area (Å²) < 4.78 is 0. The van der Waals surface area contributed by atoms with Gasteiger partial charge in [-0.1, -0.05) is 90.9 Å². The lowest BCUT2D eigenvalue weighted by atomic mass is 9.89. The van der Waals surface area contributed by atoms with E-state index in [1.54, 1.807) is 13.8 Å². The second-order valence-corrected chi connectivity index (χ2v) is 8.39. The molecule has 1 atom stereocenters. The van der Waals surface area contributed by atoms with Crippen LogP contribution in [0.2, 0.25) is 0 Å². The number of likely N-dealkylation sites (N-methyl/N-ethyl adjacent to an activating group) is 1. The molecule has 0 bridgehead atoms. The van der Waals surface area contributed by atoms with Gasteiger partial charge in [0.25, 0.3) is 0 Å². The number of carboxylic acid groups (broad SMARTS) is 2. The normalized spacial score (nSPS) is 13.0. The van der Waals surface area contributed by atoms with Gasteiger partial charge in [-0.05, 0) is 19.8 Å². The van der Waals surface area contributed by atoms with E-state index >= 15 is 0 Å². The summed E-state index contributed by atoms with van der Waals surface area (Å²) in [7, 11) is 0. The molecule has 0 aliphatic rings. The van der Waals surface area contributed by atoms with E-state index in [0.717, 1.165) is 19.3 Å². The molecule has 0 aromatic carbocycles. The van der Waals surface area contributed by atoms with E-state index in [2.05, 4.69) is 6.92 Å². The standard InChI is InChI=1S/C24H45NO5/c1-4-7-8-9-10-11-12-13-14-15-16-17-18-19-21(26)25(6-3)24(5-2,23(29)30)20-22(27)28/h4-20H2,1-3H3,(H,27,28)(H,29,30)/t24-/m0/s1. The van der Waals surface area contributed by atoms with E-state index in [9.17, 15) is 19.5 Å². The molecule has 0 aromatic heterocycles. The molecule has 0 rings (SSSR count). The minimum absolute atomic E-state index is 0.0762. The zero-order valence-electron chi connectivity index (χ0n) is 19.6. The van der Waals surface area contributed by atoms with E-state index < -0.39 is 23.9 Å². The van der Waals surface area contributed by atoms with E-state index in [1.807, 2.05) is 0 Å². The van der Waals surface area contributed by atoms with Crippen molar-refractivity contribution in [1.29, 1.82) is 0 Å². The molecule has 176 valence electrons. The van der Waals surface area contributed by atoms with E-state index in [0.29, 0.717) is 0 Å². The summed E-state index contributed by atoms with van der Waals surface area (Å²) in [5.41, 5.74) is -1.66. The number of rotatable bonds is 20. The SMILES string of the molecule is CCCCCCCCCCCCCCCC(=O)N(CC)[C@@](CC)(CC(=O)O)C(=O)O. The van der Waals surface area contributed by atoms with Crippen LogP contribution in [0.1, 0.15) is 124 Å². The van der Waals surface area contributed by atoms with Crippen molar-refractivity contribution in [3.63, 3.8) is 0 Å². The van der Waals surface area contributed by atoms with Crippen LogP contribution in [0.25, 0.3) is 0 Å². The minimum Gasteiger partial charge on any atom is -0.481 e. The van der Waals surface area contributed by atoms with E-state index in [-0.39, 0.29) is 25.3 Å². The maximum Gasteiger partial charge on any atom is 0.330 e. The molecule has 0 saturated carbocycles. The number of carbonyl (C=O) groups excluding carboxylic acids is 1. The Hall–Kier alpha value is -1.59. The van der Waals surface area contributed by atoms with Gasteiger partial charge in [-0.3, -0.25) is 9.59 Å². The fraction of sp³-hybridized carbons (Fsp3) is 0.875. The van der Waals surface area contributed by atoms with Gasteiger partial charge >= 0.3 is 11.9 Å². The zero-order valence-corrected chi connectivity index (χ0v) is 19.6. The van der Waals surface area contributed by atoms with Crippen LogP contribution < -0.4 is 0 Å². The van der Waals surface area contributed by atoms with Crippen molar-refractivity contribution in [2.45, 2.75) is 129 Å². The quantitative estimate of drug-likeness (QED) is 0.231. The fourth-order valence-corrected chi connectivity index (χ4v) is 4.15. The molecule has 0 heterocycles. The van der Waals surface area contributed by atoms with Crippen LogP contribution in [0, 0.1) is 0 Å². The predicted octanol–water partition coefficient (Wildman–Crippen LogP) is 6.02. The van der Waals surface area contributed by atoms with E-state index in [1.165, 1.54) is 69.1 Å². The highest BCUT2D eigenvalue weighted by molar-refractivity contribution is 5.90. The van der Waals surface area contributed by atoms with Gasteiger partial charge in [-0.2, -0.15) is 0 Å². The van der Waals surface area contributed by atoms with Crippen LogP contribution >= 0.6 is 0 Å². The molecule has 1 amide bonds. The average Bonchev–Trinajstić information content (AvgIpc) is 2.70. The number of aliphatic carboxylic acids is 2. The Morgan fingerprint density at radius 3 is 1.47 bits per heavy atom. The number of carboxylic acids is 2. The molecular formula is C24H45NO5. The van der Waals surface area contributed by atoms with Crippen molar-refractivity contribution >= 4 is 17.8 Å². The summed E-state index contributed by atoms with van der Waals surface area (Å²) >= 11 is 0. The fourth-order valence-electron chi connectivity index (χ4n) is 4.15. The van der Waals surface area contributed by atoms with Gasteiger partial charge in [0.15, 0.2) is 5.54 Å². The number of hydrogen-bond donors (Lipinski definition) is 2. The van der Waals surface area contributed by atoms with Crippen molar-refractivity contribution in [3.8, 4) is 0 Å². The van der Waals surface area contributed by atoms with Crippen LogP contribution in [-0.4, -0.2) is 45.0 Å². The molecule has 0 fully saturated rings. The summed E-state index contributed by atoms with van der Waals surface area (Å²) in [5, 5.41) is 18.8. The maximum absolute atomic E-state index is 12.6. The van der Waals surface area contributed by atoms with Crippen molar-refractivity contribution in [2.75, 3.05) is 6.54 Å². The van der Waals surface area contributed by atoms with E-state index in [4.69, 9.17) is 5.11 Å². The monoisotopic (exact) mass is 427 g/mol. The van der Waals surface area contributed by atoms with Gasteiger partial charge < -0.3 is 15.1 Å².